The average Bonchev–Trinajstić information content (AvgIpc) is 2.43. The minimum absolute atomic E-state index is 0.314. The highest BCUT2D eigenvalue weighted by molar-refractivity contribution is 8.13. The molecular formula is C10H18F6N2O6S2. The lowest BCUT2D eigenvalue weighted by molar-refractivity contribution is -0.917. The Hall–Kier alpha value is -0.680. The Morgan fingerprint density at radius 3 is 1.65 bits per heavy atom. The number of sulfonamides is 2. The normalized spacial score (nSPS) is 18.8. The van der Waals surface area contributed by atoms with Crippen molar-refractivity contribution in [1.29, 1.82) is 0 Å². The number of rotatable bonds is 5. The fourth-order valence-electron chi connectivity index (χ4n) is 1.67. The van der Waals surface area contributed by atoms with Gasteiger partial charge in [-0.3, -0.25) is 0 Å². The Labute approximate surface area is 146 Å². The van der Waals surface area contributed by atoms with Crippen LogP contribution in [-0.4, -0.2) is 83.9 Å². The number of hydrogen-bond donors (Lipinski definition) is 1. The van der Waals surface area contributed by atoms with E-state index in [0.29, 0.717) is 6.61 Å². The highest BCUT2D eigenvalue weighted by atomic mass is 32.3. The fourth-order valence-corrected chi connectivity index (χ4v) is 3.38. The van der Waals surface area contributed by atoms with Crippen LogP contribution in [0.2, 0.25) is 0 Å². The Morgan fingerprint density at radius 2 is 1.35 bits per heavy atom. The second kappa shape index (κ2) is 9.01. The van der Waals surface area contributed by atoms with E-state index >= 15 is 0 Å². The Balaban J connectivity index is 0.000000502. The molecule has 1 fully saturated rings. The zero-order valence-electron chi connectivity index (χ0n) is 13.4. The van der Waals surface area contributed by atoms with Crippen LogP contribution in [0.3, 0.4) is 0 Å². The lowest BCUT2D eigenvalue weighted by Crippen LogP contribution is -2.52. The summed E-state index contributed by atoms with van der Waals surface area (Å²) < 4.78 is 116. The van der Waals surface area contributed by atoms with Crippen molar-refractivity contribution in [2.75, 3.05) is 46.5 Å². The lowest BCUT2D eigenvalue weighted by Gasteiger charge is -2.37. The zero-order chi connectivity index (χ0) is 20.9. The van der Waals surface area contributed by atoms with Crippen molar-refractivity contribution in [3.8, 4) is 0 Å². The summed E-state index contributed by atoms with van der Waals surface area (Å²) in [5.41, 5.74) is -12.4. The van der Waals surface area contributed by atoms with E-state index in [0.717, 1.165) is 47.9 Å². The summed E-state index contributed by atoms with van der Waals surface area (Å²) in [6.07, 6.45) is 0.913. The maximum absolute atomic E-state index is 11.4. The third kappa shape index (κ3) is 7.91. The van der Waals surface area contributed by atoms with E-state index in [4.69, 9.17) is 9.84 Å². The maximum Gasteiger partial charge on any atom is 0.480 e. The molecule has 0 unspecified atom stereocenters. The third-order valence-corrected chi connectivity index (χ3v) is 5.93. The number of aliphatic hydroxyl groups is 1. The topological polar surface area (TPSA) is 112 Å². The van der Waals surface area contributed by atoms with Gasteiger partial charge in [0.2, 0.25) is 0 Å². The molecule has 0 amide bonds. The first-order valence-electron chi connectivity index (χ1n) is 6.86. The predicted octanol–water partition coefficient (Wildman–Crippen LogP) is 0.905. The monoisotopic (exact) mass is 440 g/mol. The highest BCUT2D eigenvalue weighted by Crippen LogP contribution is 2.36. The van der Waals surface area contributed by atoms with Gasteiger partial charge in [-0.25, -0.2) is 16.8 Å². The van der Waals surface area contributed by atoms with Crippen molar-refractivity contribution in [3.63, 3.8) is 0 Å². The van der Waals surface area contributed by atoms with Gasteiger partial charge in [0.1, 0.15) is 13.1 Å². The van der Waals surface area contributed by atoms with Crippen molar-refractivity contribution in [3.05, 3.63) is 4.13 Å². The number of aliphatic hydroxyl groups excluding tert-OH is 1. The van der Waals surface area contributed by atoms with E-state index in [1.807, 2.05) is 0 Å². The summed E-state index contributed by atoms with van der Waals surface area (Å²) in [6.45, 7) is 5.35. The molecule has 26 heavy (non-hydrogen) atoms. The molecule has 0 aliphatic carbocycles. The largest absolute Gasteiger partial charge is 0.480 e. The number of ether oxygens (including phenoxy) is 1. The first kappa shape index (κ1) is 25.3. The molecule has 0 spiro atoms. The molecule has 158 valence electrons. The van der Waals surface area contributed by atoms with Crippen molar-refractivity contribution < 1.29 is 57.5 Å². The van der Waals surface area contributed by atoms with Gasteiger partial charge < -0.3 is 18.5 Å². The number of nitrogens with zero attached hydrogens (tertiary/aromatic N) is 2. The first-order valence-corrected chi connectivity index (χ1v) is 9.74. The number of alkyl halides is 6. The third-order valence-electron chi connectivity index (χ3n) is 3.19. The molecule has 1 saturated heterocycles. The molecule has 1 aliphatic heterocycles. The van der Waals surface area contributed by atoms with Gasteiger partial charge in [0.25, 0.3) is 0 Å². The van der Waals surface area contributed by atoms with Gasteiger partial charge in [-0.1, -0.05) is 0 Å². The Morgan fingerprint density at radius 1 is 0.962 bits per heavy atom. The van der Waals surface area contributed by atoms with Crippen LogP contribution in [0, 0.1) is 0 Å². The molecular weight excluding hydrogens is 422 g/mol. The van der Waals surface area contributed by atoms with Gasteiger partial charge in [-0.15, -0.1) is 0 Å². The van der Waals surface area contributed by atoms with Crippen molar-refractivity contribution >= 4 is 20.0 Å². The van der Waals surface area contributed by atoms with Crippen molar-refractivity contribution in [1.82, 2.24) is 0 Å². The molecule has 8 nitrogen and oxygen atoms in total. The summed E-state index contributed by atoms with van der Waals surface area (Å²) in [5, 5.41) is 8.67. The van der Waals surface area contributed by atoms with Crippen LogP contribution in [0.4, 0.5) is 26.3 Å². The summed E-state index contributed by atoms with van der Waals surface area (Å²) in [4.78, 5) is 0. The van der Waals surface area contributed by atoms with Crippen molar-refractivity contribution in [2.45, 2.75) is 17.4 Å². The minimum Gasteiger partial charge on any atom is -0.421 e. The summed E-state index contributed by atoms with van der Waals surface area (Å²) >= 11 is 0. The quantitative estimate of drug-likeness (QED) is 0.502. The Kier molecular flexibility index (Phi) is 8.77. The SMILES string of the molecule is C[N+]1(CCCO)CCOCC1.O=S(=O)([N-]S(=O)(=O)C(F)(F)F)C(F)(F)F. The van der Waals surface area contributed by atoms with E-state index in [-0.39, 0.29) is 0 Å². The molecule has 16 heteroatoms. The van der Waals surface area contributed by atoms with Crippen LogP contribution in [0.25, 0.3) is 4.13 Å². The molecule has 0 bridgehead atoms. The van der Waals surface area contributed by atoms with Crippen LogP contribution >= 0.6 is 0 Å². The molecule has 1 aliphatic rings. The number of halogens is 6. The van der Waals surface area contributed by atoms with Crippen molar-refractivity contribution in [2.24, 2.45) is 0 Å². The van der Waals surface area contributed by atoms with E-state index in [9.17, 15) is 43.2 Å². The highest BCUT2D eigenvalue weighted by Gasteiger charge is 2.46. The molecule has 0 atom stereocenters. The average molecular weight is 440 g/mol. The molecule has 1 rings (SSSR count). The van der Waals surface area contributed by atoms with Gasteiger partial charge in [0, 0.05) is 13.0 Å². The van der Waals surface area contributed by atoms with E-state index in [1.54, 1.807) is 0 Å². The molecule has 0 aromatic rings. The number of likely N-dealkylation sites (N-methyl/N-ethyl adjacent to an activating group) is 1. The van der Waals surface area contributed by atoms with E-state index < -0.39 is 31.1 Å². The van der Waals surface area contributed by atoms with Crippen LogP contribution < -0.4 is 0 Å². The van der Waals surface area contributed by atoms with Crippen LogP contribution in [-0.2, 0) is 24.8 Å². The molecule has 0 saturated carbocycles. The second-order valence-corrected chi connectivity index (χ2v) is 8.82. The standard InChI is InChI=1S/C8H18NO2.C2F6NO4S2/c1-9(3-2-6-10)4-7-11-8-5-9;3-1(4,5)14(10,11)9-15(12,13)2(6,7)8/h10H,2-8H2,1H3;/q+1;-1. The zero-order valence-corrected chi connectivity index (χ0v) is 15.0. The van der Waals surface area contributed by atoms with E-state index in [2.05, 4.69) is 7.05 Å². The number of quaternary nitrogens is 1. The van der Waals surface area contributed by atoms with Gasteiger partial charge in [0.15, 0.2) is 20.0 Å². The summed E-state index contributed by atoms with van der Waals surface area (Å²) in [6, 6.07) is 0. The van der Waals surface area contributed by atoms with E-state index in [1.165, 1.54) is 0 Å². The molecule has 0 radical (unpaired) electrons. The molecule has 1 heterocycles. The first-order chi connectivity index (χ1) is 11.5. The summed E-state index contributed by atoms with van der Waals surface area (Å²) in [7, 11) is -11.2. The number of hydrogen-bond acceptors (Lipinski definition) is 6. The van der Waals surface area contributed by atoms with Gasteiger partial charge in [0.05, 0.1) is 26.8 Å². The predicted molar refractivity (Wildman–Crippen MR) is 76.6 cm³/mol. The van der Waals surface area contributed by atoms with Gasteiger partial charge in [-0.2, -0.15) is 26.3 Å². The lowest BCUT2D eigenvalue weighted by atomic mass is 10.3. The van der Waals surface area contributed by atoms with Crippen LogP contribution in [0.5, 0.6) is 0 Å². The molecule has 1 N–H and O–H groups in total. The summed E-state index contributed by atoms with van der Waals surface area (Å²) in [5.74, 6) is 0. The second-order valence-electron chi connectivity index (χ2n) is 5.40. The number of morpholine rings is 1. The van der Waals surface area contributed by atoms with Crippen LogP contribution in [0.15, 0.2) is 0 Å². The Bertz CT molecular complexity index is 598. The van der Waals surface area contributed by atoms with Gasteiger partial charge in [-0.05, 0) is 0 Å². The molecule has 0 aromatic heterocycles. The van der Waals surface area contributed by atoms with Gasteiger partial charge >= 0.3 is 11.0 Å². The smallest absolute Gasteiger partial charge is 0.421 e. The maximum atomic E-state index is 11.4. The fraction of sp³-hybridized carbons (Fsp3) is 1.00. The molecule has 0 aromatic carbocycles. The van der Waals surface area contributed by atoms with Crippen LogP contribution in [0.1, 0.15) is 6.42 Å². The minimum atomic E-state index is -6.72.